The van der Waals surface area contributed by atoms with Gasteiger partial charge in [0, 0.05) is 19.0 Å². The van der Waals surface area contributed by atoms with Gasteiger partial charge in [-0.15, -0.1) is 0 Å². The predicted octanol–water partition coefficient (Wildman–Crippen LogP) is -7.37. The molecule has 0 aromatic carbocycles. The van der Waals surface area contributed by atoms with Crippen LogP contribution in [0.15, 0.2) is 0 Å². The van der Waals surface area contributed by atoms with Gasteiger partial charge in [-0.1, -0.05) is 0 Å². The van der Waals surface area contributed by atoms with Crippen molar-refractivity contribution < 1.29 is 59.5 Å². The number of nitrogens with two attached hydrogens (primary N) is 5. The van der Waals surface area contributed by atoms with Gasteiger partial charge in [-0.05, 0) is 25.3 Å². The Morgan fingerprint density at radius 1 is 0.825 bits per heavy atom. The highest BCUT2D eigenvalue weighted by Crippen LogP contribution is 2.36. The molecule has 2 saturated heterocycles. The highest BCUT2D eigenvalue weighted by Gasteiger charge is 2.52. The Bertz CT molecular complexity index is 814. The number of ketones is 1. The number of carbonyl (C=O) groups is 1. The van der Waals surface area contributed by atoms with Gasteiger partial charge in [0.2, 0.25) is 0 Å². The molecule has 0 amide bonds. The van der Waals surface area contributed by atoms with Crippen molar-refractivity contribution in [1.82, 2.24) is 0 Å². The molecule has 17 nitrogen and oxygen atoms in total. The standard InChI is InChI=1S/C23H45N5O12/c24-2-1-9(30)10(31)4-7-3-8(26)21(40-22-14(28)17(34)16(33)11(5-25)37-22)19(36)20(7)39-23-18(35)13(27)15(32)12(6-29)38-23/h7-9,11-23,29-30,32-36H,1-6,24-28H2/t7-,8?,9-,11?,12+,13?,14?,15+,16+,17+,18+,19+,20?,21+,22+,23?/m0/s1. The van der Waals surface area contributed by atoms with Crippen LogP contribution in [0.1, 0.15) is 19.3 Å². The van der Waals surface area contributed by atoms with E-state index in [4.69, 9.17) is 47.6 Å². The molecule has 0 bridgehead atoms. The lowest BCUT2D eigenvalue weighted by Crippen LogP contribution is -2.67. The first-order valence-electron chi connectivity index (χ1n) is 13.4. The van der Waals surface area contributed by atoms with Gasteiger partial charge in [0.15, 0.2) is 18.4 Å². The minimum atomic E-state index is -1.60. The van der Waals surface area contributed by atoms with Crippen LogP contribution in [0.3, 0.4) is 0 Å². The van der Waals surface area contributed by atoms with E-state index in [1.807, 2.05) is 0 Å². The van der Waals surface area contributed by atoms with Crippen molar-refractivity contribution in [2.75, 3.05) is 19.7 Å². The van der Waals surface area contributed by atoms with E-state index in [2.05, 4.69) is 0 Å². The summed E-state index contributed by atoms with van der Waals surface area (Å²) in [5, 5.41) is 72.4. The van der Waals surface area contributed by atoms with Gasteiger partial charge in [-0.2, -0.15) is 0 Å². The summed E-state index contributed by atoms with van der Waals surface area (Å²) in [6.07, 6.45) is -16.7. The topological polar surface area (TPSA) is 326 Å². The van der Waals surface area contributed by atoms with Crippen molar-refractivity contribution in [3.05, 3.63) is 0 Å². The van der Waals surface area contributed by atoms with Crippen LogP contribution in [0.25, 0.3) is 0 Å². The van der Waals surface area contributed by atoms with Crippen LogP contribution in [0.5, 0.6) is 0 Å². The van der Waals surface area contributed by atoms with E-state index in [1.165, 1.54) is 0 Å². The summed E-state index contributed by atoms with van der Waals surface area (Å²) >= 11 is 0. The highest BCUT2D eigenvalue weighted by atomic mass is 16.7. The summed E-state index contributed by atoms with van der Waals surface area (Å²) in [5.41, 5.74) is 29.3. The molecule has 0 radical (unpaired) electrons. The molecule has 17 N–H and O–H groups in total. The number of aliphatic hydroxyl groups excluding tert-OH is 7. The van der Waals surface area contributed by atoms with Gasteiger partial charge < -0.3 is 83.4 Å². The molecule has 2 heterocycles. The van der Waals surface area contributed by atoms with Crippen molar-refractivity contribution in [3.8, 4) is 0 Å². The molecule has 3 rings (SSSR count). The van der Waals surface area contributed by atoms with Crippen molar-refractivity contribution in [1.29, 1.82) is 0 Å². The Balaban J connectivity index is 1.85. The van der Waals surface area contributed by atoms with Crippen LogP contribution in [0.2, 0.25) is 0 Å². The average Bonchev–Trinajstić information content (AvgIpc) is 2.92. The fourth-order valence-corrected chi connectivity index (χ4v) is 5.43. The molecule has 234 valence electrons. The van der Waals surface area contributed by atoms with Crippen LogP contribution in [-0.2, 0) is 23.7 Å². The maximum Gasteiger partial charge on any atom is 0.186 e. The van der Waals surface area contributed by atoms with E-state index in [-0.39, 0.29) is 32.4 Å². The smallest absolute Gasteiger partial charge is 0.186 e. The Morgan fingerprint density at radius 3 is 2.05 bits per heavy atom. The lowest BCUT2D eigenvalue weighted by molar-refractivity contribution is -0.323. The number of hydrogen-bond donors (Lipinski definition) is 12. The Morgan fingerprint density at radius 2 is 1.45 bits per heavy atom. The third-order valence-corrected chi connectivity index (χ3v) is 7.91. The predicted molar refractivity (Wildman–Crippen MR) is 135 cm³/mol. The van der Waals surface area contributed by atoms with Gasteiger partial charge >= 0.3 is 0 Å². The number of ether oxygens (including phenoxy) is 4. The van der Waals surface area contributed by atoms with Crippen molar-refractivity contribution in [2.24, 2.45) is 34.6 Å². The molecule has 17 heteroatoms. The second-order valence-corrected chi connectivity index (χ2v) is 10.7. The zero-order valence-corrected chi connectivity index (χ0v) is 22.0. The Labute approximate surface area is 231 Å². The quantitative estimate of drug-likeness (QED) is 0.107. The molecule has 16 atom stereocenters. The van der Waals surface area contributed by atoms with E-state index >= 15 is 0 Å². The lowest BCUT2D eigenvalue weighted by atomic mass is 9.76. The molecule has 6 unspecified atom stereocenters. The maximum absolute atomic E-state index is 12.7. The first-order chi connectivity index (χ1) is 18.9. The van der Waals surface area contributed by atoms with Crippen molar-refractivity contribution in [3.63, 3.8) is 0 Å². The molecule has 3 aliphatic rings. The summed E-state index contributed by atoms with van der Waals surface area (Å²) in [6, 6.07) is -3.44. The molecular weight excluding hydrogens is 538 g/mol. The zero-order chi connectivity index (χ0) is 29.9. The molecule has 2 aliphatic heterocycles. The molecule has 0 aromatic heterocycles. The van der Waals surface area contributed by atoms with Crippen molar-refractivity contribution >= 4 is 5.78 Å². The van der Waals surface area contributed by atoms with Gasteiger partial charge in [-0.25, -0.2) is 0 Å². The Hall–Kier alpha value is -0.970. The van der Waals surface area contributed by atoms with Gasteiger partial charge in [0.05, 0.1) is 24.8 Å². The maximum atomic E-state index is 12.7. The van der Waals surface area contributed by atoms with E-state index < -0.39 is 110 Å². The molecule has 1 saturated carbocycles. The summed E-state index contributed by atoms with van der Waals surface area (Å²) in [7, 11) is 0. The van der Waals surface area contributed by atoms with Gasteiger partial charge in [-0.3, -0.25) is 4.79 Å². The number of aliphatic hydroxyl groups is 7. The minimum absolute atomic E-state index is 0.0141. The van der Waals surface area contributed by atoms with E-state index in [9.17, 15) is 40.5 Å². The molecule has 0 spiro atoms. The third kappa shape index (κ3) is 7.14. The van der Waals surface area contributed by atoms with Gasteiger partial charge in [0.25, 0.3) is 0 Å². The normalized spacial score (nSPS) is 47.1. The zero-order valence-electron chi connectivity index (χ0n) is 22.0. The molecule has 3 fully saturated rings. The van der Waals surface area contributed by atoms with E-state index in [0.717, 1.165) is 0 Å². The average molecular weight is 584 g/mol. The summed E-state index contributed by atoms with van der Waals surface area (Å²) < 4.78 is 22.9. The number of rotatable bonds is 11. The number of Topliss-reactive ketones (excluding diaryl/α,β-unsaturated/α-hetero) is 1. The van der Waals surface area contributed by atoms with Crippen LogP contribution in [0, 0.1) is 5.92 Å². The molecule has 1 aliphatic carbocycles. The highest BCUT2D eigenvalue weighted by molar-refractivity contribution is 5.83. The molecular formula is C23H45N5O12. The van der Waals surface area contributed by atoms with Crippen LogP contribution >= 0.6 is 0 Å². The van der Waals surface area contributed by atoms with Crippen LogP contribution < -0.4 is 28.7 Å². The van der Waals surface area contributed by atoms with Gasteiger partial charge in [0.1, 0.15) is 54.9 Å². The number of carbonyl (C=O) groups excluding carboxylic acids is 1. The molecule has 40 heavy (non-hydrogen) atoms. The third-order valence-electron chi connectivity index (χ3n) is 7.91. The van der Waals surface area contributed by atoms with Crippen LogP contribution in [0.4, 0.5) is 0 Å². The summed E-state index contributed by atoms with van der Waals surface area (Å²) in [5.74, 6) is -1.39. The van der Waals surface area contributed by atoms with Crippen molar-refractivity contribution in [2.45, 2.75) is 111 Å². The fourth-order valence-electron chi connectivity index (χ4n) is 5.43. The second kappa shape index (κ2) is 14.5. The van der Waals surface area contributed by atoms with Crippen LogP contribution in [-0.4, -0.2) is 153 Å². The fraction of sp³-hybridized carbons (Fsp3) is 0.957. The van der Waals surface area contributed by atoms with E-state index in [1.54, 1.807) is 0 Å². The summed E-state index contributed by atoms with van der Waals surface area (Å²) in [4.78, 5) is 12.7. The first-order valence-corrected chi connectivity index (χ1v) is 13.4. The SMILES string of the molecule is NCC[C@H](O)C(=O)C[C@@H]1CC(N)[C@@H](O[C@H]2OC(CN)[C@@H](O)[C@H](O)C2N)[C@H](O)C1OC1O[C@H](CO)[C@@H](O)C(N)[C@H]1O. The monoisotopic (exact) mass is 583 g/mol. The minimum Gasteiger partial charge on any atom is -0.394 e. The second-order valence-electron chi connectivity index (χ2n) is 10.7. The lowest BCUT2D eigenvalue weighted by Gasteiger charge is -2.49. The first kappa shape index (κ1) is 33.5. The molecule has 0 aromatic rings. The number of hydrogen-bond acceptors (Lipinski definition) is 17. The largest absolute Gasteiger partial charge is 0.394 e. The Kier molecular flexibility index (Phi) is 12.1. The summed E-state index contributed by atoms with van der Waals surface area (Å²) in [6.45, 7) is -0.752. The van der Waals surface area contributed by atoms with E-state index in [0.29, 0.717) is 0 Å².